The summed E-state index contributed by atoms with van der Waals surface area (Å²) in [6.45, 7) is 2.39. The first-order chi connectivity index (χ1) is 9.26. The quantitative estimate of drug-likeness (QED) is 0.802. The second-order valence-corrected chi connectivity index (χ2v) is 6.07. The first-order valence-corrected chi connectivity index (χ1v) is 7.42. The van der Waals surface area contributed by atoms with Crippen LogP contribution in [0.25, 0.3) is 10.9 Å². The van der Waals surface area contributed by atoms with Gasteiger partial charge in [-0.1, -0.05) is 18.2 Å². The van der Waals surface area contributed by atoms with Crippen molar-refractivity contribution < 1.29 is 0 Å². The van der Waals surface area contributed by atoms with Crippen molar-refractivity contribution in [1.82, 2.24) is 14.3 Å². The van der Waals surface area contributed by atoms with Crippen LogP contribution in [0.2, 0.25) is 0 Å². The average Bonchev–Trinajstić information content (AvgIpc) is 2.83. The Kier molecular flexibility index (Phi) is 3.46. The molecule has 19 heavy (non-hydrogen) atoms. The number of hydrogen-bond acceptors (Lipinski definition) is 6. The van der Waals surface area contributed by atoms with Crippen LogP contribution >= 0.6 is 23.3 Å². The Morgan fingerprint density at radius 3 is 2.84 bits per heavy atom. The normalized spacial score (nSPS) is 11.1. The molecule has 6 heteroatoms. The maximum atomic E-state index is 5.82. The Balaban J connectivity index is 2.04. The second-order valence-electron chi connectivity index (χ2n) is 4.05. The molecule has 0 unspecified atom stereocenters. The summed E-state index contributed by atoms with van der Waals surface area (Å²) in [5, 5.41) is 2.03. The minimum Gasteiger partial charge on any atom is -0.326 e. The largest absolute Gasteiger partial charge is 0.326 e. The minimum atomic E-state index is 0.506. The van der Waals surface area contributed by atoms with E-state index in [1.807, 2.05) is 37.3 Å². The molecule has 0 fully saturated rings. The smallest absolute Gasteiger partial charge is 0.176 e. The van der Waals surface area contributed by atoms with Crippen LogP contribution in [0.5, 0.6) is 0 Å². The molecule has 1 aromatic carbocycles. The molecule has 3 rings (SSSR count). The van der Waals surface area contributed by atoms with E-state index in [-0.39, 0.29) is 0 Å². The summed E-state index contributed by atoms with van der Waals surface area (Å²) in [6, 6.07) is 10.1. The van der Waals surface area contributed by atoms with Gasteiger partial charge >= 0.3 is 0 Å². The fraction of sp³-hybridized carbons (Fsp3) is 0.154. The number of nitrogens with zero attached hydrogens (tertiary/aromatic N) is 3. The van der Waals surface area contributed by atoms with Crippen molar-refractivity contribution in [1.29, 1.82) is 0 Å². The minimum absolute atomic E-state index is 0.506. The number of pyridine rings is 1. The molecule has 0 aliphatic rings. The van der Waals surface area contributed by atoms with Crippen molar-refractivity contribution in [3.8, 4) is 0 Å². The number of nitrogens with two attached hydrogens (primary N) is 1. The van der Waals surface area contributed by atoms with Gasteiger partial charge in [0.25, 0.3) is 0 Å². The SMILES string of the molecule is Cc1nsc(Sc2cc(CN)c3ccccc3n2)n1. The lowest BCUT2D eigenvalue weighted by molar-refractivity contribution is 1.05. The van der Waals surface area contributed by atoms with Crippen molar-refractivity contribution in [2.75, 3.05) is 0 Å². The zero-order valence-corrected chi connectivity index (χ0v) is 12.0. The highest BCUT2D eigenvalue weighted by Crippen LogP contribution is 2.30. The number of aromatic nitrogens is 3. The first-order valence-electron chi connectivity index (χ1n) is 5.83. The van der Waals surface area contributed by atoms with Gasteiger partial charge in [-0.3, -0.25) is 0 Å². The van der Waals surface area contributed by atoms with E-state index in [2.05, 4.69) is 14.3 Å². The lowest BCUT2D eigenvalue weighted by atomic mass is 10.1. The summed E-state index contributed by atoms with van der Waals surface area (Å²) in [4.78, 5) is 8.98. The number of fused-ring (bicyclic) bond motifs is 1. The van der Waals surface area contributed by atoms with E-state index in [4.69, 9.17) is 5.73 Å². The number of benzene rings is 1. The fourth-order valence-electron chi connectivity index (χ4n) is 1.85. The molecule has 3 aromatic rings. The summed E-state index contributed by atoms with van der Waals surface area (Å²) in [7, 11) is 0. The van der Waals surface area contributed by atoms with Gasteiger partial charge in [-0.05, 0) is 47.9 Å². The van der Waals surface area contributed by atoms with Gasteiger partial charge in [0, 0.05) is 11.9 Å². The molecule has 0 saturated heterocycles. The van der Waals surface area contributed by atoms with Gasteiger partial charge in [-0.2, -0.15) is 4.37 Å². The lowest BCUT2D eigenvalue weighted by Crippen LogP contribution is -1.99. The fourth-order valence-corrected chi connectivity index (χ4v) is 3.49. The monoisotopic (exact) mass is 288 g/mol. The number of para-hydroxylation sites is 1. The number of hydrogen-bond donors (Lipinski definition) is 1. The van der Waals surface area contributed by atoms with E-state index in [1.54, 1.807) is 0 Å². The van der Waals surface area contributed by atoms with Crippen LogP contribution in [0, 0.1) is 6.92 Å². The third-order valence-corrected chi connectivity index (χ3v) is 4.46. The van der Waals surface area contributed by atoms with Crippen LogP contribution in [-0.2, 0) is 6.54 Å². The molecule has 0 spiro atoms. The van der Waals surface area contributed by atoms with E-state index in [9.17, 15) is 0 Å². The Morgan fingerprint density at radius 2 is 2.11 bits per heavy atom. The van der Waals surface area contributed by atoms with Crippen molar-refractivity contribution in [2.24, 2.45) is 5.73 Å². The molecule has 2 heterocycles. The predicted octanol–water partition coefficient (Wildman–Crippen LogP) is 3.00. The second kappa shape index (κ2) is 5.24. The van der Waals surface area contributed by atoms with E-state index in [0.29, 0.717) is 6.54 Å². The Morgan fingerprint density at radius 1 is 1.26 bits per heavy atom. The molecule has 0 bridgehead atoms. The lowest BCUT2D eigenvalue weighted by Gasteiger charge is -2.06. The van der Waals surface area contributed by atoms with E-state index >= 15 is 0 Å². The molecule has 4 nitrogen and oxygen atoms in total. The number of aryl methyl sites for hydroxylation is 1. The molecule has 0 aliphatic heterocycles. The topological polar surface area (TPSA) is 64.7 Å². The highest BCUT2D eigenvalue weighted by Gasteiger charge is 2.08. The van der Waals surface area contributed by atoms with Crippen molar-refractivity contribution in [3.05, 3.63) is 41.7 Å². The molecule has 0 amide bonds. The van der Waals surface area contributed by atoms with Crippen LogP contribution in [0.15, 0.2) is 39.7 Å². The van der Waals surface area contributed by atoms with Crippen molar-refractivity contribution in [2.45, 2.75) is 22.8 Å². The molecular formula is C13H12N4S2. The van der Waals surface area contributed by atoms with Gasteiger partial charge in [0.1, 0.15) is 10.9 Å². The van der Waals surface area contributed by atoms with Gasteiger partial charge in [0.05, 0.1) is 5.52 Å². The van der Waals surface area contributed by atoms with Crippen LogP contribution in [0.4, 0.5) is 0 Å². The zero-order valence-electron chi connectivity index (χ0n) is 10.3. The summed E-state index contributed by atoms with van der Waals surface area (Å²) in [6.07, 6.45) is 0. The van der Waals surface area contributed by atoms with E-state index in [1.165, 1.54) is 23.3 Å². The maximum Gasteiger partial charge on any atom is 0.176 e. The Hall–Kier alpha value is -1.50. The number of rotatable bonds is 3. The highest BCUT2D eigenvalue weighted by atomic mass is 32.2. The Labute approximate surface area is 119 Å². The van der Waals surface area contributed by atoms with E-state index < -0.39 is 0 Å². The molecule has 2 N–H and O–H groups in total. The average molecular weight is 288 g/mol. The predicted molar refractivity (Wildman–Crippen MR) is 78.4 cm³/mol. The Bertz CT molecular complexity index is 723. The molecule has 0 aliphatic carbocycles. The standard InChI is InChI=1S/C13H12N4S2/c1-8-15-13(19-17-8)18-12-6-9(7-14)10-4-2-3-5-11(10)16-12/h2-6H,7,14H2,1H3. The first kappa shape index (κ1) is 12.5. The zero-order chi connectivity index (χ0) is 13.2. The maximum absolute atomic E-state index is 5.82. The summed E-state index contributed by atoms with van der Waals surface area (Å²) in [5.41, 5.74) is 7.89. The van der Waals surface area contributed by atoms with Crippen LogP contribution in [0.1, 0.15) is 11.4 Å². The molecular weight excluding hydrogens is 276 g/mol. The molecule has 0 saturated carbocycles. The van der Waals surface area contributed by atoms with Gasteiger partial charge in [-0.15, -0.1) is 0 Å². The molecule has 96 valence electrons. The van der Waals surface area contributed by atoms with Gasteiger partial charge in [0.15, 0.2) is 4.34 Å². The third-order valence-electron chi connectivity index (χ3n) is 2.70. The summed E-state index contributed by atoms with van der Waals surface area (Å²) >= 11 is 2.92. The third kappa shape index (κ3) is 2.60. The molecule has 0 radical (unpaired) electrons. The molecule has 2 aromatic heterocycles. The van der Waals surface area contributed by atoms with Crippen LogP contribution in [-0.4, -0.2) is 14.3 Å². The van der Waals surface area contributed by atoms with Crippen molar-refractivity contribution in [3.63, 3.8) is 0 Å². The van der Waals surface area contributed by atoms with E-state index in [0.717, 1.165) is 31.7 Å². The molecule has 0 atom stereocenters. The van der Waals surface area contributed by atoms with Gasteiger partial charge in [0.2, 0.25) is 0 Å². The van der Waals surface area contributed by atoms with Crippen molar-refractivity contribution >= 4 is 34.2 Å². The summed E-state index contributed by atoms with van der Waals surface area (Å²) < 4.78 is 5.08. The van der Waals surface area contributed by atoms with Crippen LogP contribution < -0.4 is 5.73 Å². The summed E-state index contributed by atoms with van der Waals surface area (Å²) in [5.74, 6) is 0.798. The van der Waals surface area contributed by atoms with Crippen LogP contribution in [0.3, 0.4) is 0 Å². The van der Waals surface area contributed by atoms with Gasteiger partial charge in [-0.25, -0.2) is 9.97 Å². The van der Waals surface area contributed by atoms with Gasteiger partial charge < -0.3 is 5.73 Å². The highest BCUT2D eigenvalue weighted by molar-refractivity contribution is 8.00.